The molecule has 1 saturated heterocycles. The van der Waals surface area contributed by atoms with E-state index >= 15 is 0 Å². The first kappa shape index (κ1) is 18.4. The highest BCUT2D eigenvalue weighted by Gasteiger charge is 2.59. The zero-order valence-corrected chi connectivity index (χ0v) is 16.7. The first-order valence-electron chi connectivity index (χ1n) is 9.76. The quantitative estimate of drug-likeness (QED) is 0.725. The second-order valence-corrected chi connectivity index (χ2v) is 7.63. The number of anilines is 1. The number of fused-ring (bicyclic) bond motifs is 2. The van der Waals surface area contributed by atoms with Crippen molar-refractivity contribution in [1.29, 1.82) is 0 Å². The molecule has 30 heavy (non-hydrogen) atoms. The van der Waals surface area contributed by atoms with Crippen LogP contribution in [0.3, 0.4) is 0 Å². The maximum absolute atomic E-state index is 13.6. The van der Waals surface area contributed by atoms with Gasteiger partial charge in [-0.3, -0.25) is 14.3 Å². The van der Waals surface area contributed by atoms with Crippen molar-refractivity contribution in [3.63, 3.8) is 0 Å². The lowest BCUT2D eigenvalue weighted by atomic mass is 9.73. The molecule has 1 spiro atoms. The second kappa shape index (κ2) is 6.69. The Morgan fingerprint density at radius 2 is 2.10 bits per heavy atom. The lowest BCUT2D eigenvalue weighted by molar-refractivity contribution is -0.121. The van der Waals surface area contributed by atoms with E-state index in [1.165, 1.54) is 7.11 Å². The molecule has 2 unspecified atom stereocenters. The number of nitrogens with one attached hydrogen (secondary N) is 1. The highest BCUT2D eigenvalue weighted by molar-refractivity contribution is 6.08. The highest BCUT2D eigenvalue weighted by atomic mass is 16.5. The molecule has 2 aromatic heterocycles. The van der Waals surface area contributed by atoms with Gasteiger partial charge in [0.05, 0.1) is 19.3 Å². The summed E-state index contributed by atoms with van der Waals surface area (Å²) in [5.74, 6) is -0.0430. The van der Waals surface area contributed by atoms with E-state index in [1.807, 2.05) is 37.5 Å². The number of amides is 2. The molecular weight excluding hydrogens is 382 g/mol. The summed E-state index contributed by atoms with van der Waals surface area (Å²) in [5, 5.41) is 7.32. The van der Waals surface area contributed by atoms with Gasteiger partial charge >= 0.3 is 0 Å². The van der Waals surface area contributed by atoms with E-state index in [-0.39, 0.29) is 17.7 Å². The Balaban J connectivity index is 1.67. The van der Waals surface area contributed by atoms with Gasteiger partial charge in [0.25, 0.3) is 5.91 Å². The van der Waals surface area contributed by atoms with Crippen LogP contribution in [0, 0.1) is 0 Å². The summed E-state index contributed by atoms with van der Waals surface area (Å²) in [6.07, 6.45) is 5.70. The van der Waals surface area contributed by atoms with Gasteiger partial charge in [0.1, 0.15) is 11.0 Å². The minimum atomic E-state index is -0.870. The molecule has 1 aromatic carbocycles. The van der Waals surface area contributed by atoms with Gasteiger partial charge in [-0.1, -0.05) is 18.2 Å². The van der Waals surface area contributed by atoms with Crippen LogP contribution in [0.4, 0.5) is 5.69 Å². The van der Waals surface area contributed by atoms with Crippen molar-refractivity contribution in [2.45, 2.75) is 17.9 Å². The number of aryl methyl sites for hydroxylation is 1. The molecule has 5 rings (SSSR count). The van der Waals surface area contributed by atoms with E-state index in [0.717, 1.165) is 16.8 Å². The van der Waals surface area contributed by atoms with Gasteiger partial charge in [0.2, 0.25) is 11.8 Å². The topological polar surface area (TPSA) is 89.3 Å². The van der Waals surface area contributed by atoms with Crippen molar-refractivity contribution in [2.24, 2.45) is 7.05 Å². The van der Waals surface area contributed by atoms with Gasteiger partial charge in [0, 0.05) is 37.2 Å². The summed E-state index contributed by atoms with van der Waals surface area (Å²) < 4.78 is 7.00. The van der Waals surface area contributed by atoms with Crippen LogP contribution in [-0.2, 0) is 17.3 Å². The summed E-state index contributed by atoms with van der Waals surface area (Å²) in [5.41, 5.74) is 2.03. The maximum Gasteiger partial charge on any atom is 0.259 e. The number of hydrogen-bond donors (Lipinski definition) is 1. The molecule has 1 fully saturated rings. The van der Waals surface area contributed by atoms with Crippen LogP contribution in [-0.4, -0.2) is 45.1 Å². The molecule has 0 aliphatic carbocycles. The van der Waals surface area contributed by atoms with Gasteiger partial charge in [-0.05, 0) is 30.2 Å². The van der Waals surface area contributed by atoms with Crippen LogP contribution in [0.2, 0.25) is 0 Å². The number of nitrogens with zero attached hydrogens (tertiary/aromatic N) is 4. The maximum atomic E-state index is 13.6. The van der Waals surface area contributed by atoms with Gasteiger partial charge in [-0.25, -0.2) is 4.98 Å². The minimum absolute atomic E-state index is 0.0917. The minimum Gasteiger partial charge on any atom is -0.480 e. The monoisotopic (exact) mass is 403 g/mol. The summed E-state index contributed by atoms with van der Waals surface area (Å²) >= 11 is 0. The van der Waals surface area contributed by atoms with E-state index in [2.05, 4.69) is 15.4 Å². The molecule has 2 aliphatic rings. The summed E-state index contributed by atoms with van der Waals surface area (Å²) in [4.78, 5) is 32.9. The number of carbonyl (C=O) groups excluding carboxylic acids is 2. The van der Waals surface area contributed by atoms with Crippen LogP contribution >= 0.6 is 0 Å². The molecule has 0 radical (unpaired) electrons. The number of benzene rings is 1. The summed E-state index contributed by atoms with van der Waals surface area (Å²) in [6, 6.07) is 10.6. The van der Waals surface area contributed by atoms with Crippen LogP contribution in [0.25, 0.3) is 0 Å². The largest absolute Gasteiger partial charge is 0.480 e. The molecule has 8 heteroatoms. The number of carbonyl (C=O) groups is 2. The number of aromatic nitrogens is 3. The van der Waals surface area contributed by atoms with Crippen molar-refractivity contribution < 1.29 is 14.3 Å². The average Bonchev–Trinajstić information content (AvgIpc) is 3.44. The van der Waals surface area contributed by atoms with Crippen LogP contribution in [0.15, 0.2) is 55.0 Å². The highest BCUT2D eigenvalue weighted by Crippen LogP contribution is 2.55. The van der Waals surface area contributed by atoms with Crippen LogP contribution in [0.5, 0.6) is 5.88 Å². The SMILES string of the molecule is COc1ncccc1C(=O)N1CCC2(C(=O)Nc3ccccc32)C1c1cnn(C)c1. The fraction of sp³-hybridized carbons (Fsp3) is 0.273. The van der Waals surface area contributed by atoms with Crippen molar-refractivity contribution >= 4 is 17.5 Å². The predicted molar refractivity (Wildman–Crippen MR) is 109 cm³/mol. The van der Waals surface area contributed by atoms with Crippen molar-refractivity contribution in [3.05, 3.63) is 71.7 Å². The molecule has 152 valence electrons. The third kappa shape index (κ3) is 2.46. The fourth-order valence-corrected chi connectivity index (χ4v) is 4.82. The van der Waals surface area contributed by atoms with Gasteiger partial charge in [-0.15, -0.1) is 0 Å². The van der Waals surface area contributed by atoms with Gasteiger partial charge < -0.3 is 15.0 Å². The van der Waals surface area contributed by atoms with Crippen molar-refractivity contribution in [2.75, 3.05) is 19.0 Å². The Kier molecular flexibility index (Phi) is 4.09. The number of hydrogen-bond acceptors (Lipinski definition) is 5. The lowest BCUT2D eigenvalue weighted by Gasteiger charge is -2.33. The Labute approximate surface area is 173 Å². The van der Waals surface area contributed by atoms with E-state index < -0.39 is 11.5 Å². The van der Waals surface area contributed by atoms with E-state index in [4.69, 9.17) is 4.74 Å². The van der Waals surface area contributed by atoms with Crippen molar-refractivity contribution in [3.8, 4) is 5.88 Å². The predicted octanol–water partition coefficient (Wildman–Crippen LogP) is 2.30. The number of ether oxygens (including phenoxy) is 1. The van der Waals surface area contributed by atoms with E-state index in [0.29, 0.717) is 18.5 Å². The third-order valence-electron chi connectivity index (χ3n) is 6.08. The summed E-state index contributed by atoms with van der Waals surface area (Å²) in [7, 11) is 3.31. The number of rotatable bonds is 3. The number of para-hydroxylation sites is 1. The second-order valence-electron chi connectivity index (χ2n) is 7.63. The number of likely N-dealkylation sites (tertiary alicyclic amines) is 1. The van der Waals surface area contributed by atoms with Crippen LogP contribution < -0.4 is 10.1 Å². The molecule has 1 N–H and O–H groups in total. The van der Waals surface area contributed by atoms with Gasteiger partial charge in [-0.2, -0.15) is 5.10 Å². The normalized spacial score (nSPS) is 22.3. The zero-order valence-electron chi connectivity index (χ0n) is 16.7. The number of methoxy groups -OCH3 is 1. The first-order chi connectivity index (χ1) is 14.6. The fourth-order valence-electron chi connectivity index (χ4n) is 4.82. The molecule has 0 bridgehead atoms. The Morgan fingerprint density at radius 3 is 2.87 bits per heavy atom. The molecule has 3 aromatic rings. The molecule has 2 amide bonds. The Bertz CT molecular complexity index is 1160. The lowest BCUT2D eigenvalue weighted by Crippen LogP contribution is -2.42. The Morgan fingerprint density at radius 1 is 1.27 bits per heavy atom. The first-order valence-corrected chi connectivity index (χ1v) is 9.76. The molecule has 0 saturated carbocycles. The smallest absolute Gasteiger partial charge is 0.259 e. The van der Waals surface area contributed by atoms with Gasteiger partial charge in [0.15, 0.2) is 0 Å². The molecule has 8 nitrogen and oxygen atoms in total. The molecule has 2 aliphatic heterocycles. The standard InChI is InChI=1S/C22H21N5O3/c1-26-13-14(12-24-26)18-22(16-7-3-4-8-17(16)25-21(22)29)9-11-27(18)20(28)15-6-5-10-23-19(15)30-2/h3-8,10,12-13,18H,9,11H2,1-2H3,(H,25,29). The summed E-state index contributed by atoms with van der Waals surface area (Å²) in [6.45, 7) is 0.429. The van der Waals surface area contributed by atoms with E-state index in [1.54, 1.807) is 34.1 Å². The molecule has 4 heterocycles. The van der Waals surface area contributed by atoms with Crippen molar-refractivity contribution in [1.82, 2.24) is 19.7 Å². The number of pyridine rings is 1. The zero-order chi connectivity index (χ0) is 20.9. The van der Waals surface area contributed by atoms with Crippen LogP contribution in [0.1, 0.15) is 33.9 Å². The average molecular weight is 403 g/mol. The van der Waals surface area contributed by atoms with E-state index in [9.17, 15) is 9.59 Å². The third-order valence-corrected chi connectivity index (χ3v) is 6.08. The molecule has 2 atom stereocenters. The molecular formula is C22H21N5O3. The Hall–Kier alpha value is -3.68.